The van der Waals surface area contributed by atoms with Gasteiger partial charge in [0.25, 0.3) is 0 Å². The van der Waals surface area contributed by atoms with Gasteiger partial charge in [0.1, 0.15) is 5.78 Å². The Labute approximate surface area is 152 Å². The number of anilines is 1. The first-order valence-corrected chi connectivity index (χ1v) is 10.6. The largest absolute Gasteiger partial charge is 0.299 e. The fourth-order valence-corrected chi connectivity index (χ4v) is 4.36. The van der Waals surface area contributed by atoms with Crippen LogP contribution in [0.5, 0.6) is 0 Å². The molecule has 1 aromatic carbocycles. The van der Waals surface area contributed by atoms with Crippen LogP contribution in [0.2, 0.25) is 0 Å². The third-order valence-corrected chi connectivity index (χ3v) is 6.91. The van der Waals surface area contributed by atoms with Crippen LogP contribution in [0.1, 0.15) is 36.5 Å². The van der Waals surface area contributed by atoms with Crippen molar-refractivity contribution >= 4 is 59.1 Å². The number of carbonyl (C=O) groups is 2. The minimum atomic E-state index is -3.55. The molecule has 0 atom stereocenters. The summed E-state index contributed by atoms with van der Waals surface area (Å²) in [4.78, 5) is 24.5. The number of halogens is 2. The summed E-state index contributed by atoms with van der Waals surface area (Å²) in [6.07, 6.45) is 2.58. The molecule has 0 radical (unpaired) electrons. The third kappa shape index (κ3) is 4.22. The Balaban J connectivity index is 2.48. The van der Waals surface area contributed by atoms with Gasteiger partial charge in [-0.3, -0.25) is 13.9 Å². The molecule has 23 heavy (non-hydrogen) atoms. The standard InChI is InChI=1S/C15H17Br2NO4S/c1-3-18(23(2,21)22)15-10(6-7-11(16)14(15)17)13(20)8-12(19)9-4-5-9/h6-7,9H,3-5,8H2,1-2H3. The van der Waals surface area contributed by atoms with Crippen LogP contribution in [-0.4, -0.2) is 32.8 Å². The number of nitrogens with zero attached hydrogens (tertiary/aromatic N) is 1. The first kappa shape index (κ1) is 18.6. The monoisotopic (exact) mass is 465 g/mol. The summed E-state index contributed by atoms with van der Waals surface area (Å²) in [5.74, 6) is -0.423. The van der Waals surface area contributed by atoms with E-state index in [4.69, 9.17) is 0 Å². The highest BCUT2D eigenvalue weighted by Gasteiger charge is 2.32. The van der Waals surface area contributed by atoms with Crippen molar-refractivity contribution in [2.45, 2.75) is 26.2 Å². The van der Waals surface area contributed by atoms with Gasteiger partial charge in [-0.05, 0) is 63.8 Å². The summed E-state index contributed by atoms with van der Waals surface area (Å²) < 4.78 is 26.4. The lowest BCUT2D eigenvalue weighted by Gasteiger charge is -2.25. The summed E-state index contributed by atoms with van der Waals surface area (Å²) in [5, 5.41) is 0. The summed E-state index contributed by atoms with van der Waals surface area (Å²) >= 11 is 6.68. The second-order valence-corrected chi connectivity index (χ2v) is 9.08. The van der Waals surface area contributed by atoms with Crippen molar-refractivity contribution in [1.82, 2.24) is 0 Å². The van der Waals surface area contributed by atoms with Crippen LogP contribution in [0.25, 0.3) is 0 Å². The summed E-state index contributed by atoms with van der Waals surface area (Å²) in [7, 11) is -3.55. The lowest BCUT2D eigenvalue weighted by atomic mass is 10.0. The van der Waals surface area contributed by atoms with Gasteiger partial charge in [0, 0.05) is 22.5 Å². The number of carbonyl (C=O) groups excluding carboxylic acids is 2. The van der Waals surface area contributed by atoms with Gasteiger partial charge in [0.15, 0.2) is 5.78 Å². The van der Waals surface area contributed by atoms with E-state index in [1.54, 1.807) is 19.1 Å². The average Bonchev–Trinajstić information content (AvgIpc) is 3.27. The Bertz CT molecular complexity index is 757. The topological polar surface area (TPSA) is 71.5 Å². The van der Waals surface area contributed by atoms with Crippen LogP contribution in [0.4, 0.5) is 5.69 Å². The van der Waals surface area contributed by atoms with Gasteiger partial charge < -0.3 is 0 Å². The molecule has 0 heterocycles. The molecule has 1 aromatic rings. The summed E-state index contributed by atoms with van der Waals surface area (Å²) in [5.41, 5.74) is 0.513. The van der Waals surface area contributed by atoms with Gasteiger partial charge in [-0.1, -0.05) is 0 Å². The van der Waals surface area contributed by atoms with Crippen molar-refractivity contribution in [2.24, 2.45) is 5.92 Å². The highest BCUT2D eigenvalue weighted by Crippen LogP contribution is 2.39. The lowest BCUT2D eigenvalue weighted by molar-refractivity contribution is -0.119. The van der Waals surface area contributed by atoms with Crippen molar-refractivity contribution in [2.75, 3.05) is 17.1 Å². The molecule has 0 amide bonds. The second-order valence-electron chi connectivity index (χ2n) is 5.53. The Morgan fingerprint density at radius 3 is 2.35 bits per heavy atom. The maximum Gasteiger partial charge on any atom is 0.232 e. The number of hydrogen-bond donors (Lipinski definition) is 0. The number of ketones is 2. The smallest absolute Gasteiger partial charge is 0.232 e. The minimum Gasteiger partial charge on any atom is -0.299 e. The summed E-state index contributed by atoms with van der Waals surface area (Å²) in [6, 6.07) is 3.22. The van der Waals surface area contributed by atoms with Gasteiger partial charge in [0.2, 0.25) is 10.0 Å². The molecule has 1 fully saturated rings. The Hall–Kier alpha value is -0.730. The van der Waals surface area contributed by atoms with Crippen LogP contribution in [0.3, 0.4) is 0 Å². The van der Waals surface area contributed by atoms with E-state index in [-0.39, 0.29) is 41.7 Å². The Morgan fingerprint density at radius 1 is 1.26 bits per heavy atom. The maximum absolute atomic E-state index is 12.5. The molecule has 0 unspecified atom stereocenters. The van der Waals surface area contributed by atoms with Gasteiger partial charge in [-0.15, -0.1) is 0 Å². The van der Waals surface area contributed by atoms with Crippen molar-refractivity contribution < 1.29 is 18.0 Å². The molecule has 1 aliphatic carbocycles. The van der Waals surface area contributed by atoms with Gasteiger partial charge >= 0.3 is 0 Å². The minimum absolute atomic E-state index is 0.00141. The normalized spacial score (nSPS) is 14.6. The van der Waals surface area contributed by atoms with E-state index in [9.17, 15) is 18.0 Å². The molecule has 5 nitrogen and oxygen atoms in total. The van der Waals surface area contributed by atoms with E-state index in [0.29, 0.717) is 8.95 Å². The van der Waals surface area contributed by atoms with Gasteiger partial charge in [0.05, 0.1) is 22.8 Å². The average molecular weight is 467 g/mol. The van der Waals surface area contributed by atoms with E-state index in [2.05, 4.69) is 31.9 Å². The lowest BCUT2D eigenvalue weighted by Crippen LogP contribution is -2.31. The molecule has 2 rings (SSSR count). The van der Waals surface area contributed by atoms with Crippen molar-refractivity contribution in [3.8, 4) is 0 Å². The van der Waals surface area contributed by atoms with Crippen LogP contribution in [0, 0.1) is 5.92 Å². The molecule has 8 heteroatoms. The first-order chi connectivity index (χ1) is 10.7. The number of hydrogen-bond acceptors (Lipinski definition) is 4. The predicted octanol–water partition coefficient (Wildman–Crippen LogP) is 3.55. The second kappa shape index (κ2) is 7.03. The predicted molar refractivity (Wildman–Crippen MR) is 96.4 cm³/mol. The van der Waals surface area contributed by atoms with Crippen LogP contribution >= 0.6 is 31.9 Å². The van der Waals surface area contributed by atoms with Crippen LogP contribution in [-0.2, 0) is 14.8 Å². The fourth-order valence-electron chi connectivity index (χ4n) is 2.37. The summed E-state index contributed by atoms with van der Waals surface area (Å²) in [6.45, 7) is 1.88. The number of benzene rings is 1. The van der Waals surface area contributed by atoms with E-state index >= 15 is 0 Å². The zero-order chi connectivity index (χ0) is 17.4. The molecule has 0 bridgehead atoms. The highest BCUT2D eigenvalue weighted by atomic mass is 79.9. The SMILES string of the molecule is CCN(c1c(C(=O)CC(=O)C2CC2)ccc(Br)c1Br)S(C)(=O)=O. The quantitative estimate of drug-likeness (QED) is 0.455. The van der Waals surface area contributed by atoms with Crippen LogP contribution < -0.4 is 4.31 Å². The number of sulfonamides is 1. The van der Waals surface area contributed by atoms with E-state index in [1.807, 2.05) is 0 Å². The molecular formula is C15H17Br2NO4S. The van der Waals surface area contributed by atoms with E-state index in [1.165, 1.54) is 0 Å². The van der Waals surface area contributed by atoms with Gasteiger partial charge in [-0.25, -0.2) is 8.42 Å². The Kier molecular flexibility index (Phi) is 5.68. The van der Waals surface area contributed by atoms with Crippen molar-refractivity contribution in [3.63, 3.8) is 0 Å². The molecule has 0 N–H and O–H groups in total. The zero-order valence-corrected chi connectivity index (χ0v) is 16.8. The van der Waals surface area contributed by atoms with Crippen molar-refractivity contribution in [1.29, 1.82) is 0 Å². The molecule has 1 saturated carbocycles. The molecular weight excluding hydrogens is 450 g/mol. The highest BCUT2D eigenvalue weighted by molar-refractivity contribution is 9.13. The Morgan fingerprint density at radius 2 is 1.87 bits per heavy atom. The van der Waals surface area contributed by atoms with E-state index < -0.39 is 10.0 Å². The molecule has 0 spiro atoms. The molecule has 0 aliphatic heterocycles. The third-order valence-electron chi connectivity index (χ3n) is 3.67. The molecule has 1 aliphatic rings. The van der Waals surface area contributed by atoms with Gasteiger partial charge in [-0.2, -0.15) is 0 Å². The van der Waals surface area contributed by atoms with Crippen molar-refractivity contribution in [3.05, 3.63) is 26.6 Å². The van der Waals surface area contributed by atoms with E-state index in [0.717, 1.165) is 23.4 Å². The molecule has 0 aromatic heterocycles. The first-order valence-electron chi connectivity index (χ1n) is 7.18. The zero-order valence-electron chi connectivity index (χ0n) is 12.8. The number of rotatable bonds is 7. The molecule has 126 valence electrons. The molecule has 0 saturated heterocycles. The number of Topliss-reactive ketones (excluding diaryl/α,β-unsaturated/α-hetero) is 2. The maximum atomic E-state index is 12.5. The van der Waals surface area contributed by atoms with Crippen LogP contribution in [0.15, 0.2) is 21.1 Å². The fraction of sp³-hybridized carbons (Fsp3) is 0.467.